The number of carbonyl (C=O) groups excluding carboxylic acids is 1. The summed E-state index contributed by atoms with van der Waals surface area (Å²) in [5, 5.41) is 11.4. The number of ether oxygens (including phenoxy) is 1. The van der Waals surface area contributed by atoms with Gasteiger partial charge in [-0.15, -0.1) is 11.3 Å². The van der Waals surface area contributed by atoms with Crippen molar-refractivity contribution >= 4 is 23.4 Å². The van der Waals surface area contributed by atoms with Crippen LogP contribution in [0.5, 0.6) is 0 Å². The molecule has 0 aliphatic rings. The molecule has 0 saturated heterocycles. The van der Waals surface area contributed by atoms with Gasteiger partial charge in [0.25, 0.3) is 0 Å². The number of hydrogen-bond acceptors (Lipinski definition) is 4. The maximum atomic E-state index is 11.6. The van der Waals surface area contributed by atoms with Gasteiger partial charge in [-0.1, -0.05) is 13.0 Å². The number of rotatable bonds is 8. The second kappa shape index (κ2) is 11.0. The number of carbonyl (C=O) groups is 1. The lowest BCUT2D eigenvalue weighted by atomic mass is 10.1. The van der Waals surface area contributed by atoms with Crippen LogP contribution in [0.1, 0.15) is 51.8 Å². The number of alkyl carbamates (subject to hydrolysis) is 1. The van der Waals surface area contributed by atoms with E-state index >= 15 is 0 Å². The summed E-state index contributed by atoms with van der Waals surface area (Å²) in [6.07, 6.45) is 0.419. The summed E-state index contributed by atoms with van der Waals surface area (Å²) >= 11 is 1.76. The average molecular weight is 369 g/mol. The van der Waals surface area contributed by atoms with Gasteiger partial charge in [0, 0.05) is 30.4 Å². The van der Waals surface area contributed by atoms with E-state index < -0.39 is 5.60 Å². The molecule has 142 valence electrons. The van der Waals surface area contributed by atoms with E-state index in [1.807, 2.05) is 27.7 Å². The number of hydrogen-bond donors (Lipinski definition) is 3. The first-order chi connectivity index (χ1) is 11.8. The minimum Gasteiger partial charge on any atom is -0.444 e. The van der Waals surface area contributed by atoms with E-state index in [2.05, 4.69) is 45.4 Å². The Labute approximate surface area is 155 Å². The highest BCUT2D eigenvalue weighted by Gasteiger charge is 2.15. The first-order valence-corrected chi connectivity index (χ1v) is 9.72. The summed E-state index contributed by atoms with van der Waals surface area (Å²) < 4.78 is 5.20. The van der Waals surface area contributed by atoms with Crippen LogP contribution >= 0.6 is 11.3 Å². The number of amides is 1. The molecular weight excluding hydrogens is 336 g/mol. The SMILES string of the molecule is CCNC(=NCC(C)c1cccs1)NCCCNC(=O)OC(C)(C)C. The Morgan fingerprint density at radius 3 is 2.60 bits per heavy atom. The normalized spacial score (nSPS) is 13.2. The Kier molecular flexibility index (Phi) is 9.34. The van der Waals surface area contributed by atoms with Crippen LogP contribution in [0.3, 0.4) is 0 Å². The molecule has 0 aliphatic carbocycles. The number of nitrogens with zero attached hydrogens (tertiary/aromatic N) is 1. The van der Waals surface area contributed by atoms with Gasteiger partial charge in [0.1, 0.15) is 5.60 Å². The molecule has 7 heteroatoms. The zero-order chi connectivity index (χ0) is 18.7. The molecule has 0 bridgehead atoms. The standard InChI is InChI=1S/C18H32N4O2S/c1-6-19-16(22-13-14(2)15-9-7-12-25-15)20-10-8-11-21-17(23)24-18(3,4)5/h7,9,12,14H,6,8,10-11,13H2,1-5H3,(H,21,23)(H2,19,20,22). The Hall–Kier alpha value is -1.76. The molecule has 1 unspecified atom stereocenters. The van der Waals surface area contributed by atoms with Gasteiger partial charge in [-0.25, -0.2) is 4.79 Å². The topological polar surface area (TPSA) is 74.8 Å². The fraction of sp³-hybridized carbons (Fsp3) is 0.667. The second-order valence-electron chi connectivity index (χ2n) is 6.85. The molecule has 6 nitrogen and oxygen atoms in total. The van der Waals surface area contributed by atoms with Crippen molar-refractivity contribution in [3.05, 3.63) is 22.4 Å². The van der Waals surface area contributed by atoms with Crippen molar-refractivity contribution in [1.29, 1.82) is 0 Å². The van der Waals surface area contributed by atoms with Crippen LogP contribution in [0.4, 0.5) is 4.79 Å². The maximum absolute atomic E-state index is 11.6. The zero-order valence-corrected chi connectivity index (χ0v) is 16.8. The Balaban J connectivity index is 2.28. The van der Waals surface area contributed by atoms with Crippen molar-refractivity contribution in [1.82, 2.24) is 16.0 Å². The molecule has 0 fully saturated rings. The molecule has 1 rings (SSSR count). The second-order valence-corrected chi connectivity index (χ2v) is 7.82. The maximum Gasteiger partial charge on any atom is 0.407 e. The van der Waals surface area contributed by atoms with Crippen molar-refractivity contribution < 1.29 is 9.53 Å². The molecule has 0 aromatic carbocycles. The third-order valence-electron chi connectivity index (χ3n) is 3.21. The Morgan fingerprint density at radius 1 is 1.28 bits per heavy atom. The smallest absolute Gasteiger partial charge is 0.407 e. The summed E-state index contributed by atoms with van der Waals surface area (Å²) in [5.74, 6) is 1.22. The van der Waals surface area contributed by atoms with E-state index in [-0.39, 0.29) is 6.09 Å². The summed E-state index contributed by atoms with van der Waals surface area (Å²) in [7, 11) is 0. The monoisotopic (exact) mass is 368 g/mol. The van der Waals surface area contributed by atoms with E-state index in [0.29, 0.717) is 12.5 Å². The minimum absolute atomic E-state index is 0.377. The van der Waals surface area contributed by atoms with Crippen LogP contribution in [0.15, 0.2) is 22.5 Å². The lowest BCUT2D eigenvalue weighted by Crippen LogP contribution is -2.39. The summed E-state index contributed by atoms with van der Waals surface area (Å²) in [4.78, 5) is 17.5. The highest BCUT2D eigenvalue weighted by molar-refractivity contribution is 7.10. The van der Waals surface area contributed by atoms with Gasteiger partial charge >= 0.3 is 6.09 Å². The molecule has 3 N–H and O–H groups in total. The molecule has 0 saturated carbocycles. The van der Waals surface area contributed by atoms with Gasteiger partial charge < -0.3 is 20.7 Å². The molecule has 1 heterocycles. The van der Waals surface area contributed by atoms with Gasteiger partial charge in [-0.3, -0.25) is 4.99 Å². The Bertz CT molecular complexity index is 524. The molecule has 1 amide bonds. The van der Waals surface area contributed by atoms with Crippen LogP contribution in [-0.4, -0.2) is 43.8 Å². The molecule has 1 aromatic rings. The number of nitrogens with one attached hydrogen (secondary N) is 3. The van der Waals surface area contributed by atoms with Crippen LogP contribution in [-0.2, 0) is 4.74 Å². The molecular formula is C18H32N4O2S. The highest BCUT2D eigenvalue weighted by atomic mass is 32.1. The van der Waals surface area contributed by atoms with Crippen molar-refractivity contribution in [3.63, 3.8) is 0 Å². The third-order valence-corrected chi connectivity index (χ3v) is 4.31. The fourth-order valence-corrected chi connectivity index (χ4v) is 2.81. The minimum atomic E-state index is -0.466. The average Bonchev–Trinajstić information content (AvgIpc) is 3.04. The first kappa shape index (κ1) is 21.3. The van der Waals surface area contributed by atoms with Gasteiger partial charge in [-0.05, 0) is 45.6 Å². The number of aliphatic imine (C=N–C) groups is 1. The molecule has 0 aliphatic heterocycles. The molecule has 0 spiro atoms. The van der Waals surface area contributed by atoms with Gasteiger partial charge in [0.05, 0.1) is 6.54 Å². The van der Waals surface area contributed by atoms with Gasteiger partial charge in [-0.2, -0.15) is 0 Å². The van der Waals surface area contributed by atoms with E-state index in [1.54, 1.807) is 11.3 Å². The summed E-state index contributed by atoms with van der Waals surface area (Å²) in [6, 6.07) is 4.22. The number of thiophene rings is 1. The lowest BCUT2D eigenvalue weighted by molar-refractivity contribution is 0.0527. The van der Waals surface area contributed by atoms with Crippen molar-refractivity contribution in [2.45, 2.75) is 52.6 Å². The number of guanidine groups is 1. The summed E-state index contributed by atoms with van der Waals surface area (Å²) in [5.41, 5.74) is -0.466. The molecule has 0 radical (unpaired) electrons. The van der Waals surface area contributed by atoms with Crippen LogP contribution in [0, 0.1) is 0 Å². The third kappa shape index (κ3) is 9.96. The lowest BCUT2D eigenvalue weighted by Gasteiger charge is -2.19. The van der Waals surface area contributed by atoms with Crippen molar-refractivity contribution in [2.24, 2.45) is 4.99 Å². The zero-order valence-electron chi connectivity index (χ0n) is 16.0. The van der Waals surface area contributed by atoms with E-state index in [0.717, 1.165) is 32.0 Å². The fourth-order valence-electron chi connectivity index (χ4n) is 2.03. The predicted molar refractivity (Wildman–Crippen MR) is 106 cm³/mol. The van der Waals surface area contributed by atoms with E-state index in [9.17, 15) is 4.79 Å². The first-order valence-electron chi connectivity index (χ1n) is 8.84. The van der Waals surface area contributed by atoms with Gasteiger partial charge in [0.15, 0.2) is 5.96 Å². The molecule has 25 heavy (non-hydrogen) atoms. The highest BCUT2D eigenvalue weighted by Crippen LogP contribution is 2.20. The van der Waals surface area contributed by atoms with Gasteiger partial charge in [0.2, 0.25) is 0 Å². The van der Waals surface area contributed by atoms with Crippen LogP contribution in [0.25, 0.3) is 0 Å². The largest absolute Gasteiger partial charge is 0.444 e. The van der Waals surface area contributed by atoms with E-state index in [1.165, 1.54) is 4.88 Å². The summed E-state index contributed by atoms with van der Waals surface area (Å²) in [6.45, 7) is 12.6. The van der Waals surface area contributed by atoms with Crippen molar-refractivity contribution in [2.75, 3.05) is 26.2 Å². The molecule has 1 atom stereocenters. The Morgan fingerprint density at radius 2 is 2.00 bits per heavy atom. The van der Waals surface area contributed by atoms with E-state index in [4.69, 9.17) is 4.74 Å². The van der Waals surface area contributed by atoms with Crippen molar-refractivity contribution in [3.8, 4) is 0 Å². The van der Waals surface area contributed by atoms with Crippen LogP contribution < -0.4 is 16.0 Å². The quantitative estimate of drug-likeness (QED) is 0.374. The molecule has 1 aromatic heterocycles. The van der Waals surface area contributed by atoms with Crippen LogP contribution in [0.2, 0.25) is 0 Å². The predicted octanol–water partition coefficient (Wildman–Crippen LogP) is 3.32.